The van der Waals surface area contributed by atoms with Gasteiger partial charge in [-0.05, 0) is 42.8 Å². The number of amides is 1. The van der Waals surface area contributed by atoms with E-state index in [0.717, 1.165) is 29.2 Å². The topological polar surface area (TPSA) is 54.0 Å². The Morgan fingerprint density at radius 1 is 1.32 bits per heavy atom. The predicted octanol–water partition coefficient (Wildman–Crippen LogP) is 1.84. The lowest BCUT2D eigenvalue weighted by atomic mass is 9.95. The summed E-state index contributed by atoms with van der Waals surface area (Å²) in [6, 6.07) is 8.74. The Balaban J connectivity index is 1.57. The van der Waals surface area contributed by atoms with Gasteiger partial charge in [-0.15, -0.1) is 6.42 Å². The second-order valence-corrected chi connectivity index (χ2v) is 6.14. The molecule has 2 aliphatic rings. The van der Waals surface area contributed by atoms with Crippen LogP contribution in [0.1, 0.15) is 35.3 Å². The van der Waals surface area contributed by atoms with Gasteiger partial charge < -0.3 is 10.6 Å². The molecular formula is C18H17N3O. The maximum atomic E-state index is 12.4. The van der Waals surface area contributed by atoms with E-state index in [9.17, 15) is 4.79 Å². The molecule has 3 unspecified atom stereocenters. The smallest absolute Gasteiger partial charge is 0.270 e. The number of fused-ring (bicyclic) bond motifs is 3. The lowest BCUT2D eigenvalue weighted by molar-refractivity contribution is 0.0926. The SMILES string of the molecule is C#Cc1ccc2cnc(C(=O)NC3CC4CCC3N4)cc2c1. The number of pyridine rings is 1. The summed E-state index contributed by atoms with van der Waals surface area (Å²) >= 11 is 0. The third kappa shape index (κ3) is 2.24. The van der Waals surface area contributed by atoms with E-state index >= 15 is 0 Å². The van der Waals surface area contributed by atoms with Gasteiger partial charge in [-0.2, -0.15) is 0 Å². The molecule has 2 saturated heterocycles. The highest BCUT2D eigenvalue weighted by Crippen LogP contribution is 2.28. The molecule has 1 aromatic heterocycles. The first-order valence-electron chi connectivity index (χ1n) is 7.66. The van der Waals surface area contributed by atoms with Gasteiger partial charge in [0.2, 0.25) is 0 Å². The minimum Gasteiger partial charge on any atom is -0.346 e. The van der Waals surface area contributed by atoms with Crippen molar-refractivity contribution in [3.63, 3.8) is 0 Å². The maximum absolute atomic E-state index is 12.4. The summed E-state index contributed by atoms with van der Waals surface area (Å²) in [5, 5.41) is 8.57. The molecule has 2 aromatic rings. The zero-order valence-corrected chi connectivity index (χ0v) is 12.2. The molecule has 3 heterocycles. The van der Waals surface area contributed by atoms with E-state index in [1.54, 1.807) is 6.20 Å². The Morgan fingerprint density at radius 2 is 2.23 bits per heavy atom. The summed E-state index contributed by atoms with van der Waals surface area (Å²) in [5.41, 5.74) is 1.26. The van der Waals surface area contributed by atoms with E-state index in [1.165, 1.54) is 6.42 Å². The van der Waals surface area contributed by atoms with Gasteiger partial charge in [-0.3, -0.25) is 9.78 Å². The summed E-state index contributed by atoms with van der Waals surface area (Å²) in [6.07, 6.45) is 10.5. The number of hydrogen-bond donors (Lipinski definition) is 2. The van der Waals surface area contributed by atoms with Crippen LogP contribution < -0.4 is 10.6 Å². The normalized spacial score (nSPS) is 26.0. The van der Waals surface area contributed by atoms with Crippen molar-refractivity contribution in [3.05, 3.63) is 41.7 Å². The first kappa shape index (κ1) is 13.3. The third-order valence-corrected chi connectivity index (χ3v) is 4.74. The highest BCUT2D eigenvalue weighted by atomic mass is 16.2. The Hall–Kier alpha value is -2.38. The number of carbonyl (C=O) groups is 1. The fourth-order valence-electron chi connectivity index (χ4n) is 3.58. The molecule has 2 aliphatic heterocycles. The zero-order valence-electron chi connectivity index (χ0n) is 12.2. The van der Waals surface area contributed by atoms with Crippen LogP contribution in [0.3, 0.4) is 0 Å². The number of carbonyl (C=O) groups excluding carboxylic acids is 1. The van der Waals surface area contributed by atoms with Gasteiger partial charge in [0.1, 0.15) is 5.69 Å². The van der Waals surface area contributed by atoms with Crippen molar-refractivity contribution in [1.82, 2.24) is 15.6 Å². The number of nitrogens with zero attached hydrogens (tertiary/aromatic N) is 1. The number of terminal acetylenes is 1. The molecule has 4 rings (SSSR count). The van der Waals surface area contributed by atoms with Crippen LogP contribution in [-0.4, -0.2) is 29.0 Å². The Morgan fingerprint density at radius 3 is 2.95 bits per heavy atom. The third-order valence-electron chi connectivity index (χ3n) is 4.74. The van der Waals surface area contributed by atoms with Crippen LogP contribution in [0, 0.1) is 12.3 Å². The van der Waals surface area contributed by atoms with Gasteiger partial charge in [0.25, 0.3) is 5.91 Å². The average molecular weight is 291 g/mol. The summed E-state index contributed by atoms with van der Waals surface area (Å²) in [7, 11) is 0. The van der Waals surface area contributed by atoms with Gasteiger partial charge in [0.05, 0.1) is 0 Å². The molecule has 4 nitrogen and oxygen atoms in total. The lowest BCUT2D eigenvalue weighted by Gasteiger charge is -2.21. The first-order chi connectivity index (χ1) is 10.7. The summed E-state index contributed by atoms with van der Waals surface area (Å²) in [5.74, 6) is 2.51. The van der Waals surface area contributed by atoms with Crippen LogP contribution >= 0.6 is 0 Å². The molecule has 22 heavy (non-hydrogen) atoms. The number of rotatable bonds is 2. The van der Waals surface area contributed by atoms with Crippen LogP contribution in [0.15, 0.2) is 30.5 Å². The monoisotopic (exact) mass is 291 g/mol. The molecule has 0 spiro atoms. The fourth-order valence-corrected chi connectivity index (χ4v) is 3.58. The van der Waals surface area contributed by atoms with Crippen molar-refractivity contribution in [3.8, 4) is 12.3 Å². The van der Waals surface area contributed by atoms with Gasteiger partial charge in [0, 0.05) is 35.3 Å². The minimum absolute atomic E-state index is 0.104. The quantitative estimate of drug-likeness (QED) is 0.830. The highest BCUT2D eigenvalue weighted by Gasteiger charge is 2.39. The van der Waals surface area contributed by atoms with E-state index in [4.69, 9.17) is 6.42 Å². The maximum Gasteiger partial charge on any atom is 0.270 e. The van der Waals surface area contributed by atoms with E-state index in [1.807, 2.05) is 24.3 Å². The van der Waals surface area contributed by atoms with E-state index in [0.29, 0.717) is 17.8 Å². The second-order valence-electron chi connectivity index (χ2n) is 6.14. The molecule has 3 atom stereocenters. The molecule has 4 heteroatoms. The lowest BCUT2D eigenvalue weighted by Crippen LogP contribution is -2.43. The fraction of sp³-hybridized carbons (Fsp3) is 0.333. The number of nitrogens with one attached hydrogen (secondary N) is 2. The van der Waals surface area contributed by atoms with Crippen LogP contribution in [0.4, 0.5) is 0 Å². The van der Waals surface area contributed by atoms with Crippen LogP contribution in [0.25, 0.3) is 10.8 Å². The van der Waals surface area contributed by atoms with E-state index < -0.39 is 0 Å². The number of benzene rings is 1. The Bertz CT molecular complexity index is 793. The zero-order chi connectivity index (χ0) is 15.1. The van der Waals surface area contributed by atoms with Crippen LogP contribution in [-0.2, 0) is 0 Å². The molecule has 0 aliphatic carbocycles. The molecule has 110 valence electrons. The molecule has 2 bridgehead atoms. The number of hydrogen-bond acceptors (Lipinski definition) is 3. The predicted molar refractivity (Wildman–Crippen MR) is 85.5 cm³/mol. The van der Waals surface area contributed by atoms with Crippen molar-refractivity contribution in [1.29, 1.82) is 0 Å². The van der Waals surface area contributed by atoms with E-state index in [-0.39, 0.29) is 11.9 Å². The molecule has 2 N–H and O–H groups in total. The second kappa shape index (κ2) is 5.11. The van der Waals surface area contributed by atoms with Crippen molar-refractivity contribution < 1.29 is 4.79 Å². The van der Waals surface area contributed by atoms with Crippen LogP contribution in [0.2, 0.25) is 0 Å². The van der Waals surface area contributed by atoms with Gasteiger partial charge >= 0.3 is 0 Å². The summed E-state index contributed by atoms with van der Waals surface area (Å²) in [4.78, 5) is 16.7. The standard InChI is InChI=1S/C18H17N3O/c1-2-11-3-4-12-10-19-17(8-13(12)7-11)18(22)21-16-9-14-5-6-15(16)20-14/h1,3-4,7-8,10,14-16,20H,5-6,9H2,(H,21,22). The highest BCUT2D eigenvalue weighted by molar-refractivity contribution is 5.96. The Labute approximate surface area is 129 Å². The molecule has 0 saturated carbocycles. The molecule has 1 aromatic carbocycles. The van der Waals surface area contributed by atoms with E-state index in [2.05, 4.69) is 21.5 Å². The van der Waals surface area contributed by atoms with Crippen LogP contribution in [0.5, 0.6) is 0 Å². The summed E-state index contributed by atoms with van der Waals surface area (Å²) < 4.78 is 0. The van der Waals surface area contributed by atoms with Crippen molar-refractivity contribution >= 4 is 16.7 Å². The van der Waals surface area contributed by atoms with Crippen molar-refractivity contribution in [2.45, 2.75) is 37.4 Å². The first-order valence-corrected chi connectivity index (χ1v) is 7.66. The van der Waals surface area contributed by atoms with Gasteiger partial charge in [-0.25, -0.2) is 0 Å². The van der Waals surface area contributed by atoms with Gasteiger partial charge in [0.15, 0.2) is 0 Å². The van der Waals surface area contributed by atoms with Crippen molar-refractivity contribution in [2.24, 2.45) is 0 Å². The van der Waals surface area contributed by atoms with Gasteiger partial charge in [-0.1, -0.05) is 12.0 Å². The minimum atomic E-state index is -0.104. The summed E-state index contributed by atoms with van der Waals surface area (Å²) in [6.45, 7) is 0. The average Bonchev–Trinajstić information content (AvgIpc) is 3.16. The number of aromatic nitrogens is 1. The molecule has 0 radical (unpaired) electrons. The Kier molecular flexibility index (Phi) is 3.09. The largest absolute Gasteiger partial charge is 0.346 e. The van der Waals surface area contributed by atoms with Crippen molar-refractivity contribution in [2.75, 3.05) is 0 Å². The molecule has 1 amide bonds. The molecular weight excluding hydrogens is 274 g/mol. The molecule has 2 fully saturated rings.